The number of ether oxygens (including phenoxy) is 3. The number of aliphatic hydroxyl groups is 6. The minimum absolute atomic E-state index is 0.00144. The van der Waals surface area contributed by atoms with Gasteiger partial charge in [-0.05, 0) is 262 Å². The summed E-state index contributed by atoms with van der Waals surface area (Å²) in [6, 6.07) is 0. The molecule has 5 aliphatic heterocycles. The third kappa shape index (κ3) is 61.3. The van der Waals surface area contributed by atoms with E-state index in [1.807, 2.05) is 153 Å². The molecule has 3 amide bonds. The van der Waals surface area contributed by atoms with Gasteiger partial charge in [-0.15, -0.1) is 16.6 Å². The fraction of sp³-hybridized carbons (Fsp3) is 0.679. The van der Waals surface area contributed by atoms with E-state index in [2.05, 4.69) is 67.9 Å². The van der Waals surface area contributed by atoms with Gasteiger partial charge in [-0.25, -0.2) is 14.4 Å². The van der Waals surface area contributed by atoms with E-state index in [9.17, 15) is 59.4 Å². The van der Waals surface area contributed by atoms with Crippen molar-refractivity contribution in [1.29, 1.82) is 0 Å². The maximum atomic E-state index is 11.5. The molecule has 5 aliphatic rings. The van der Waals surface area contributed by atoms with Crippen LogP contribution in [0.4, 0.5) is 14.4 Å². The number of oxime groups is 2. The van der Waals surface area contributed by atoms with E-state index in [-0.39, 0.29) is 67.2 Å². The first kappa shape index (κ1) is 115. The van der Waals surface area contributed by atoms with Gasteiger partial charge in [0.2, 0.25) is 0 Å². The molecule has 658 valence electrons. The molecule has 0 bridgehead atoms. The first-order chi connectivity index (χ1) is 53.1. The molecule has 0 aromatic carbocycles. The maximum Gasteiger partial charge on any atom is 0.407 e. The highest BCUT2D eigenvalue weighted by Gasteiger charge is 2.59. The molecule has 9 atom stereocenters. The third-order valence-electron chi connectivity index (χ3n) is 16.9. The monoisotopic (exact) mass is 1640 g/mol. The molecular formula is C84H151ClN10O19. The zero-order valence-corrected chi connectivity index (χ0v) is 74.4. The number of nitrogens with zero attached hydrogens (tertiary/aromatic N) is 4. The van der Waals surface area contributed by atoms with Crippen molar-refractivity contribution in [3.63, 3.8) is 0 Å². The van der Waals surface area contributed by atoms with Crippen molar-refractivity contribution in [3.8, 4) is 0 Å². The topological polar surface area (TPSA) is 440 Å². The van der Waals surface area contributed by atoms with Crippen LogP contribution in [0.15, 0.2) is 121 Å². The van der Waals surface area contributed by atoms with Crippen LogP contribution in [0.25, 0.3) is 0 Å². The molecule has 3 fully saturated rings. The number of aliphatic imine (C=N–C) groups is 1. The molecule has 114 heavy (non-hydrogen) atoms. The first-order valence-electron chi connectivity index (χ1n) is 39.2. The van der Waals surface area contributed by atoms with E-state index in [1.54, 1.807) is 66.7 Å². The average molecular weight is 1640 g/mol. The van der Waals surface area contributed by atoms with E-state index < -0.39 is 46.9 Å². The molecule has 0 saturated carbocycles. The predicted molar refractivity (Wildman–Crippen MR) is 457 cm³/mol. The third-order valence-corrected chi connectivity index (χ3v) is 16.9. The number of amides is 3. The number of nitrogens with two attached hydrogens (primary N) is 1. The number of allylic oxidation sites excluding steroid dienone is 14. The maximum absolute atomic E-state index is 11.5. The largest absolute Gasteiger partial charge is 0.444 e. The average Bonchev–Trinajstić information content (AvgIpc) is 1.57. The number of hydroxylamine groups is 2. The second kappa shape index (κ2) is 65.0. The summed E-state index contributed by atoms with van der Waals surface area (Å²) in [4.78, 5) is 82.7. The van der Waals surface area contributed by atoms with Gasteiger partial charge in [0.1, 0.15) is 34.9 Å². The number of hydrogen-bond donors (Lipinski definition) is 14. The number of aldehydes is 1. The fourth-order valence-electron chi connectivity index (χ4n) is 9.44. The standard InChI is InChI=1S/C14H24N2O3.C14H25NO4.C9H15NO2.3C9H17NO2.C9H15NO.C6H10O.C5H9NO.ClH2NO/c1-6-10(2)12-9-11(19-16-12)7-8-15-13(17)18-14(3,4)5;1-6-10(2)12(17)9-11(16)7-8-15-13(18)19-14(3,4)5;1-3-7(2)9-6-8(11)4-5-10(9)12-9;1-3-7(2)9(12)6-8(11)4-5-10-9;1-5-6-7-10-8(11)12-9(2,3)4;1-3-7(2)9(12)6-8(11)4-5-10;1-3-7(2)9-6-8(11)4-5-10-9;1-3-4-6(2)5-7;1-3-5(2)4-6-7;1-2-3/h6,11H,7-9H2,1-5H3,(H,15,17);6,11,16H,7-9H2,1-5H3,(H,15,18);3,8,11H,4-6H2,1-2H3;3,8,10-12H,4-6H2,1-2H3;5H,1,6-7H2,2-4H3,(H,10,11);3,8,11H,4-6,10H2,1-2H3;3,8,11H,4-6H2,1-2H3;4-5H,3H2,1-2H3;3-4,7H,1-2H3;2-3H/b2*10-6+;2*7-3+;;2*7-3+;6-4+;5-3+,6-4+;. The van der Waals surface area contributed by atoms with Crippen LogP contribution in [-0.4, -0.2) is 211 Å². The van der Waals surface area contributed by atoms with Crippen molar-refractivity contribution in [2.24, 2.45) is 21.0 Å². The smallest absolute Gasteiger partial charge is 0.407 e. The van der Waals surface area contributed by atoms with Gasteiger partial charge >= 0.3 is 18.3 Å². The molecule has 5 rings (SSSR count). The molecule has 0 aromatic rings. The van der Waals surface area contributed by atoms with Crippen molar-refractivity contribution in [1.82, 2.24) is 31.3 Å². The van der Waals surface area contributed by atoms with E-state index in [1.165, 1.54) is 22.4 Å². The Bertz CT molecular complexity index is 3100. The Morgan fingerprint density at radius 1 is 0.675 bits per heavy atom. The molecular weight excluding hydrogens is 1490 g/mol. The van der Waals surface area contributed by atoms with Crippen molar-refractivity contribution < 1.29 is 93.7 Å². The molecule has 30 heteroatoms. The van der Waals surface area contributed by atoms with E-state index >= 15 is 0 Å². The fourth-order valence-corrected chi connectivity index (χ4v) is 9.44. The Kier molecular flexibility index (Phi) is 65.8. The lowest BCUT2D eigenvalue weighted by Crippen LogP contribution is -2.53. The normalized spacial score (nSPS) is 21.5. The van der Waals surface area contributed by atoms with Crippen LogP contribution in [0.1, 0.15) is 263 Å². The number of aliphatic hydroxyl groups excluding tert-OH is 5. The van der Waals surface area contributed by atoms with Crippen LogP contribution < -0.4 is 32.0 Å². The van der Waals surface area contributed by atoms with Crippen LogP contribution >= 0.6 is 11.8 Å². The number of carbonyl (C=O) groups is 6. The zero-order valence-electron chi connectivity index (χ0n) is 73.7. The van der Waals surface area contributed by atoms with E-state index in [4.69, 9.17) is 40.0 Å². The number of Topliss-reactive ketones (excluding diaryl/α,β-unsaturated/α-hetero) is 2. The number of halogens is 1. The summed E-state index contributed by atoms with van der Waals surface area (Å²) in [7, 11) is 0. The second-order valence-electron chi connectivity index (χ2n) is 30.2. The first-order valence-corrected chi connectivity index (χ1v) is 39.6. The molecule has 29 nitrogen and oxygen atoms in total. The van der Waals surface area contributed by atoms with Gasteiger partial charge in [-0.2, -0.15) is 0 Å². The number of carbonyl (C=O) groups excluding carboxylic acids is 6. The molecule has 0 aromatic heterocycles. The molecule has 5 heterocycles. The summed E-state index contributed by atoms with van der Waals surface area (Å²) in [5.74, 6) is -0.0780. The summed E-state index contributed by atoms with van der Waals surface area (Å²) in [6.07, 6.45) is 24.4. The highest BCUT2D eigenvalue weighted by molar-refractivity contribution is 6.12. The highest BCUT2D eigenvalue weighted by Crippen LogP contribution is 2.48. The second-order valence-corrected chi connectivity index (χ2v) is 30.4. The van der Waals surface area contributed by atoms with Gasteiger partial charge in [-0.1, -0.05) is 71.9 Å². The lowest BCUT2D eigenvalue weighted by atomic mass is 9.92. The van der Waals surface area contributed by atoms with E-state index in [0.717, 1.165) is 111 Å². The summed E-state index contributed by atoms with van der Waals surface area (Å²) >= 11 is 4.30. The van der Waals surface area contributed by atoms with Gasteiger partial charge in [-0.3, -0.25) is 29.5 Å². The molecule has 0 aliphatic carbocycles. The molecule has 0 spiro atoms. The number of nitrogens with one attached hydrogen (secondary N) is 5. The number of hydrogen-bond acceptors (Lipinski definition) is 26. The van der Waals surface area contributed by atoms with Gasteiger partial charge < -0.3 is 81.8 Å². The lowest BCUT2D eigenvalue weighted by Gasteiger charge is -2.36. The van der Waals surface area contributed by atoms with Crippen molar-refractivity contribution in [3.05, 3.63) is 106 Å². The Morgan fingerprint density at radius 3 is 1.54 bits per heavy atom. The molecule has 15 N–H and O–H groups in total. The Balaban J connectivity index is -0.000000395. The van der Waals surface area contributed by atoms with Crippen molar-refractivity contribution in [2.45, 2.75) is 328 Å². The number of rotatable bonds is 24. The summed E-state index contributed by atoms with van der Waals surface area (Å²) < 4.78 is 15.2. The highest BCUT2D eigenvalue weighted by atomic mass is 35.5. The molecule has 3 saturated heterocycles. The van der Waals surface area contributed by atoms with Crippen LogP contribution in [0.2, 0.25) is 0 Å². The zero-order chi connectivity index (χ0) is 89.0. The van der Waals surface area contributed by atoms with E-state index in [0.29, 0.717) is 56.6 Å². The molecule has 9 unspecified atom stereocenters. The lowest BCUT2D eigenvalue weighted by molar-refractivity contribution is -0.118. The van der Waals surface area contributed by atoms with Crippen molar-refractivity contribution >= 4 is 65.5 Å². The van der Waals surface area contributed by atoms with Gasteiger partial charge in [0.15, 0.2) is 17.3 Å². The van der Waals surface area contributed by atoms with Crippen LogP contribution in [0.3, 0.4) is 0 Å². The summed E-state index contributed by atoms with van der Waals surface area (Å²) in [6.45, 7) is 54.5. The molecule has 0 radical (unpaired) electrons. The van der Waals surface area contributed by atoms with Crippen molar-refractivity contribution in [2.75, 3.05) is 45.8 Å². The quantitative estimate of drug-likeness (QED) is 0.00408. The Morgan fingerprint density at radius 2 is 1.15 bits per heavy atom. The van der Waals surface area contributed by atoms with Crippen LogP contribution in [0.5, 0.6) is 0 Å². The minimum atomic E-state index is -0.980. The summed E-state index contributed by atoms with van der Waals surface area (Å²) in [5.41, 5.74) is 12.2. The minimum Gasteiger partial charge on any atom is -0.444 e. The number of fused-ring (bicyclic) bond motifs is 1. The van der Waals surface area contributed by atoms with Gasteiger partial charge in [0.25, 0.3) is 0 Å². The van der Waals surface area contributed by atoms with Gasteiger partial charge in [0, 0.05) is 102 Å². The summed E-state index contributed by atoms with van der Waals surface area (Å²) in [5, 5.41) is 91.7. The van der Waals surface area contributed by atoms with Crippen LogP contribution in [-0.2, 0) is 38.3 Å². The predicted octanol–water partition coefficient (Wildman–Crippen LogP) is 14.0. The Hall–Kier alpha value is -7.10. The van der Waals surface area contributed by atoms with Crippen LogP contribution in [0, 0.1) is 0 Å². The number of alkyl carbamates (subject to hydrolysis) is 3. The number of piperidine rings is 2. The van der Waals surface area contributed by atoms with Gasteiger partial charge in [0.05, 0.1) is 42.4 Å². The number of ketones is 2. The Labute approximate surface area is 688 Å². The SMILES string of the molecule is C/C=C(C)/C=N/O.C/C=C(\C)C(=O)CC(O)CCN.C/C=C(\C)C(=O)CC(O)CCNC(=O)OC(C)(C)C.C/C=C(\C)C1(O)CC(O)CCN1.C/C=C(\C)C12CC(O)CCN1O2.C/C=C(\C)C1=NCCC(O)C1.C/C=C(\C)C1=NOC(CCNC(=O)OC(C)(C)C)C1.C=CCCNC(=O)OC(C)(C)C.CC/C=C(\C)C=O.ONCl.